The summed E-state index contributed by atoms with van der Waals surface area (Å²) in [5.74, 6) is 0.372. The van der Waals surface area contributed by atoms with E-state index in [0.717, 1.165) is 12.8 Å². The van der Waals surface area contributed by atoms with Gasteiger partial charge >= 0.3 is 0 Å². The molecule has 0 bridgehead atoms. The molecule has 6 atom stereocenters. The lowest BCUT2D eigenvalue weighted by Gasteiger charge is -2.46. The summed E-state index contributed by atoms with van der Waals surface area (Å²) < 4.78 is 5.85. The van der Waals surface area contributed by atoms with E-state index in [-0.39, 0.29) is 34.4 Å². The number of carbonyl (C=O) groups excluding carboxylic acids is 2. The van der Waals surface area contributed by atoms with Gasteiger partial charge in [-0.05, 0) is 30.1 Å². The molecule has 4 fully saturated rings. The molecular weight excluding hydrogens is 228 g/mol. The van der Waals surface area contributed by atoms with Crippen LogP contribution in [-0.4, -0.2) is 23.3 Å². The summed E-state index contributed by atoms with van der Waals surface area (Å²) in [7, 11) is 0. The molecule has 1 aliphatic heterocycles. The molecule has 18 heavy (non-hydrogen) atoms. The molecule has 0 amide bonds. The Morgan fingerprint density at radius 3 is 2.50 bits per heavy atom. The predicted molar refractivity (Wildman–Crippen MR) is 64.9 cm³/mol. The zero-order chi connectivity index (χ0) is 13.1. The van der Waals surface area contributed by atoms with E-state index in [1.54, 1.807) is 0 Å². The van der Waals surface area contributed by atoms with Gasteiger partial charge in [0.05, 0.1) is 6.10 Å². The molecule has 0 aromatic heterocycles. The topological polar surface area (TPSA) is 46.7 Å². The van der Waals surface area contributed by atoms with Crippen LogP contribution in [0.5, 0.6) is 0 Å². The Morgan fingerprint density at radius 2 is 1.83 bits per heavy atom. The summed E-state index contributed by atoms with van der Waals surface area (Å²) in [6.45, 7) is 8.70. The van der Waals surface area contributed by atoms with Crippen LogP contribution in [0.4, 0.5) is 0 Å². The Labute approximate surface area is 107 Å². The van der Waals surface area contributed by atoms with E-state index < -0.39 is 5.60 Å². The monoisotopic (exact) mass is 248 g/mol. The molecule has 1 spiro atoms. The Bertz CT molecular complexity index is 494. The number of hydrogen-bond acceptors (Lipinski definition) is 3. The van der Waals surface area contributed by atoms with Gasteiger partial charge in [0.25, 0.3) is 0 Å². The number of hydrogen-bond donors (Lipinski definition) is 0. The van der Waals surface area contributed by atoms with E-state index >= 15 is 0 Å². The SMILES string of the molecule is C[C@@H]1CC[C@@H]2O[C@@]23C(=O)C(=O)[C@@H]2[C@@H](C2(C)C)[C@@]13C. The molecule has 3 nitrogen and oxygen atoms in total. The molecule has 0 aromatic rings. The van der Waals surface area contributed by atoms with E-state index in [0.29, 0.717) is 11.8 Å². The van der Waals surface area contributed by atoms with Crippen molar-refractivity contribution in [3.05, 3.63) is 0 Å². The number of Topliss-reactive ketones (excluding diaryl/α,β-unsaturated/α-hetero) is 2. The van der Waals surface area contributed by atoms with E-state index in [2.05, 4.69) is 27.7 Å². The van der Waals surface area contributed by atoms with Crippen LogP contribution in [0.3, 0.4) is 0 Å². The van der Waals surface area contributed by atoms with Crippen molar-refractivity contribution in [2.24, 2.45) is 28.6 Å². The molecule has 98 valence electrons. The van der Waals surface area contributed by atoms with Gasteiger partial charge in [-0.15, -0.1) is 0 Å². The maximum Gasteiger partial charge on any atom is 0.233 e. The smallest absolute Gasteiger partial charge is 0.233 e. The summed E-state index contributed by atoms with van der Waals surface area (Å²) in [4.78, 5) is 24.8. The zero-order valence-electron chi connectivity index (χ0n) is 11.4. The third kappa shape index (κ3) is 0.806. The lowest BCUT2D eigenvalue weighted by atomic mass is 9.54. The standard InChI is InChI=1S/C15H20O3/c1-7-5-6-8-15(18-8)12(17)10(16)9-11(13(9,2)3)14(7,15)4/h7-9,11H,5-6H2,1-4H3/t7-,8+,9-,11+,14-,15-/m1/s1. The van der Waals surface area contributed by atoms with Gasteiger partial charge < -0.3 is 4.74 Å². The molecular formula is C15H20O3. The van der Waals surface area contributed by atoms with Gasteiger partial charge in [-0.1, -0.05) is 27.7 Å². The van der Waals surface area contributed by atoms with Gasteiger partial charge in [-0.2, -0.15) is 0 Å². The molecule has 0 N–H and O–H groups in total. The number of epoxide rings is 1. The molecule has 0 unspecified atom stereocenters. The second-order valence-corrected chi connectivity index (χ2v) is 7.57. The quantitative estimate of drug-likeness (QED) is 0.486. The normalized spacial score (nSPS) is 59.6. The molecule has 3 saturated carbocycles. The van der Waals surface area contributed by atoms with Crippen molar-refractivity contribution in [1.29, 1.82) is 0 Å². The molecule has 4 aliphatic rings. The minimum Gasteiger partial charge on any atom is -0.357 e. The second-order valence-electron chi connectivity index (χ2n) is 7.57. The minimum absolute atomic E-state index is 0.0207. The van der Waals surface area contributed by atoms with Gasteiger partial charge in [0, 0.05) is 11.3 Å². The fraction of sp³-hybridized carbons (Fsp3) is 0.867. The maximum absolute atomic E-state index is 12.5. The molecule has 4 rings (SSSR count). The first-order chi connectivity index (χ1) is 8.29. The minimum atomic E-state index is -0.739. The Hall–Kier alpha value is -0.700. The summed E-state index contributed by atoms with van der Waals surface area (Å²) in [5, 5.41) is 0. The van der Waals surface area contributed by atoms with Gasteiger partial charge in [-0.25, -0.2) is 0 Å². The second kappa shape index (κ2) is 2.60. The highest BCUT2D eigenvalue weighted by molar-refractivity contribution is 6.44. The van der Waals surface area contributed by atoms with Crippen molar-refractivity contribution in [2.75, 3.05) is 0 Å². The zero-order valence-corrected chi connectivity index (χ0v) is 11.4. The fourth-order valence-corrected chi connectivity index (χ4v) is 5.55. The molecule has 1 heterocycles. The highest BCUT2D eigenvalue weighted by Gasteiger charge is 2.87. The third-order valence-electron chi connectivity index (χ3n) is 6.73. The first-order valence-corrected chi connectivity index (χ1v) is 7.06. The van der Waals surface area contributed by atoms with E-state index in [1.807, 2.05) is 0 Å². The van der Waals surface area contributed by atoms with Crippen LogP contribution in [0, 0.1) is 28.6 Å². The van der Waals surface area contributed by atoms with Crippen LogP contribution in [0.25, 0.3) is 0 Å². The highest BCUT2D eigenvalue weighted by atomic mass is 16.6. The van der Waals surface area contributed by atoms with Crippen molar-refractivity contribution in [3.8, 4) is 0 Å². The summed E-state index contributed by atoms with van der Waals surface area (Å²) >= 11 is 0. The molecule has 0 aromatic carbocycles. The average Bonchev–Trinajstić information content (AvgIpc) is 3.15. The molecule has 3 aliphatic carbocycles. The maximum atomic E-state index is 12.5. The van der Waals surface area contributed by atoms with Crippen molar-refractivity contribution in [2.45, 2.75) is 52.2 Å². The van der Waals surface area contributed by atoms with Crippen LogP contribution in [0.2, 0.25) is 0 Å². The van der Waals surface area contributed by atoms with Crippen molar-refractivity contribution >= 4 is 11.6 Å². The fourth-order valence-electron chi connectivity index (χ4n) is 5.55. The van der Waals surface area contributed by atoms with Crippen LogP contribution in [-0.2, 0) is 14.3 Å². The summed E-state index contributed by atoms with van der Waals surface area (Å²) in [6, 6.07) is 0. The van der Waals surface area contributed by atoms with Crippen molar-refractivity contribution < 1.29 is 14.3 Å². The number of rotatable bonds is 0. The molecule has 0 radical (unpaired) electrons. The highest BCUT2D eigenvalue weighted by Crippen LogP contribution is 2.79. The van der Waals surface area contributed by atoms with Gasteiger partial charge in [0.15, 0.2) is 5.60 Å². The molecule has 3 heteroatoms. The van der Waals surface area contributed by atoms with E-state index in [9.17, 15) is 9.59 Å². The Morgan fingerprint density at radius 1 is 1.17 bits per heavy atom. The van der Waals surface area contributed by atoms with Gasteiger partial charge in [-0.3, -0.25) is 9.59 Å². The average molecular weight is 248 g/mol. The third-order valence-corrected chi connectivity index (χ3v) is 6.73. The van der Waals surface area contributed by atoms with Crippen molar-refractivity contribution in [1.82, 2.24) is 0 Å². The van der Waals surface area contributed by atoms with Crippen LogP contribution in [0.1, 0.15) is 40.5 Å². The van der Waals surface area contributed by atoms with Crippen LogP contribution >= 0.6 is 0 Å². The predicted octanol–water partition coefficient (Wildman–Crippen LogP) is 1.98. The lowest BCUT2D eigenvalue weighted by Crippen LogP contribution is -2.58. The van der Waals surface area contributed by atoms with E-state index in [1.165, 1.54) is 0 Å². The number of ketones is 2. The summed E-state index contributed by atoms with van der Waals surface area (Å²) in [6.07, 6.45) is 2.07. The van der Waals surface area contributed by atoms with Crippen LogP contribution < -0.4 is 0 Å². The molecule has 1 saturated heterocycles. The lowest BCUT2D eigenvalue weighted by molar-refractivity contribution is -0.150. The van der Waals surface area contributed by atoms with Gasteiger partial charge in [0.2, 0.25) is 11.6 Å². The first-order valence-electron chi connectivity index (χ1n) is 7.06. The van der Waals surface area contributed by atoms with Crippen molar-refractivity contribution in [3.63, 3.8) is 0 Å². The largest absolute Gasteiger partial charge is 0.357 e. The van der Waals surface area contributed by atoms with E-state index in [4.69, 9.17) is 4.74 Å². The first kappa shape index (κ1) is 11.2. The number of ether oxygens (including phenoxy) is 1. The van der Waals surface area contributed by atoms with Gasteiger partial charge in [0.1, 0.15) is 0 Å². The Kier molecular flexibility index (Phi) is 1.61. The number of fused-ring (bicyclic) bond motifs is 2. The number of carbonyl (C=O) groups is 2. The van der Waals surface area contributed by atoms with Crippen LogP contribution in [0.15, 0.2) is 0 Å². The summed E-state index contributed by atoms with van der Waals surface area (Å²) in [5.41, 5.74) is -0.890. The Balaban J connectivity index is 1.91.